The zero-order valence-corrected chi connectivity index (χ0v) is 10.9. The van der Waals surface area contributed by atoms with Crippen LogP contribution in [0.3, 0.4) is 0 Å². The van der Waals surface area contributed by atoms with Crippen LogP contribution in [-0.2, 0) is 0 Å². The van der Waals surface area contributed by atoms with Crippen molar-refractivity contribution in [3.05, 3.63) is 22.2 Å². The minimum Gasteiger partial charge on any atom is -0.397 e. The predicted octanol–water partition coefficient (Wildman–Crippen LogP) is 3.81. The fraction of sp³-hybridized carbons (Fsp3) is 0.500. The van der Waals surface area contributed by atoms with E-state index >= 15 is 0 Å². The molecule has 1 aliphatic rings. The van der Waals surface area contributed by atoms with Crippen molar-refractivity contribution in [1.82, 2.24) is 0 Å². The standard InChI is InChI=1S/C12H16Cl2N2/c1-8-2-4-16(5-3-8)12-10(14)6-9(13)7-11(12)15/h6-8H,2-5,15H2,1H3. The average molecular weight is 259 g/mol. The molecule has 88 valence electrons. The van der Waals surface area contributed by atoms with Gasteiger partial charge in [-0.3, -0.25) is 0 Å². The third-order valence-electron chi connectivity index (χ3n) is 3.16. The number of hydrogen-bond donors (Lipinski definition) is 1. The molecular formula is C12H16Cl2N2. The van der Waals surface area contributed by atoms with Crippen LogP contribution in [0.15, 0.2) is 12.1 Å². The van der Waals surface area contributed by atoms with E-state index in [9.17, 15) is 0 Å². The monoisotopic (exact) mass is 258 g/mol. The molecule has 0 aromatic heterocycles. The molecule has 1 heterocycles. The first-order valence-electron chi connectivity index (χ1n) is 5.57. The van der Waals surface area contributed by atoms with Gasteiger partial charge in [0, 0.05) is 18.1 Å². The van der Waals surface area contributed by atoms with E-state index in [1.165, 1.54) is 12.8 Å². The van der Waals surface area contributed by atoms with E-state index in [1.54, 1.807) is 12.1 Å². The lowest BCUT2D eigenvalue weighted by atomic mass is 9.98. The van der Waals surface area contributed by atoms with Crippen LogP contribution in [0.2, 0.25) is 10.0 Å². The summed E-state index contributed by atoms with van der Waals surface area (Å²) in [5.74, 6) is 0.795. The summed E-state index contributed by atoms with van der Waals surface area (Å²) in [6, 6.07) is 3.52. The molecule has 0 bridgehead atoms. The molecule has 1 aromatic carbocycles. The Hall–Kier alpha value is -0.600. The van der Waals surface area contributed by atoms with E-state index in [0.29, 0.717) is 15.7 Å². The quantitative estimate of drug-likeness (QED) is 0.777. The lowest BCUT2D eigenvalue weighted by Gasteiger charge is -2.33. The molecule has 2 nitrogen and oxygen atoms in total. The second kappa shape index (κ2) is 4.72. The van der Waals surface area contributed by atoms with Crippen LogP contribution in [0.1, 0.15) is 19.8 Å². The Bertz CT molecular complexity index is 362. The highest BCUT2D eigenvalue weighted by Gasteiger charge is 2.20. The molecule has 0 saturated carbocycles. The fourth-order valence-corrected chi connectivity index (χ4v) is 2.78. The van der Waals surface area contributed by atoms with Crippen LogP contribution in [0.4, 0.5) is 11.4 Å². The number of rotatable bonds is 1. The van der Waals surface area contributed by atoms with Gasteiger partial charge in [0.25, 0.3) is 0 Å². The molecule has 1 aromatic rings. The normalized spacial score (nSPS) is 17.8. The van der Waals surface area contributed by atoms with E-state index < -0.39 is 0 Å². The van der Waals surface area contributed by atoms with Crippen LogP contribution in [0, 0.1) is 5.92 Å². The Balaban J connectivity index is 2.26. The number of nitrogens with zero attached hydrogens (tertiary/aromatic N) is 1. The highest BCUT2D eigenvalue weighted by Crippen LogP contribution is 2.36. The molecule has 0 spiro atoms. The number of nitrogens with two attached hydrogens (primary N) is 1. The van der Waals surface area contributed by atoms with Crippen LogP contribution >= 0.6 is 23.2 Å². The second-order valence-corrected chi connectivity index (χ2v) is 5.34. The Morgan fingerprint density at radius 3 is 2.44 bits per heavy atom. The van der Waals surface area contributed by atoms with Crippen LogP contribution in [0.25, 0.3) is 0 Å². The van der Waals surface area contributed by atoms with Gasteiger partial charge in [0.2, 0.25) is 0 Å². The predicted molar refractivity (Wildman–Crippen MR) is 71.5 cm³/mol. The zero-order chi connectivity index (χ0) is 11.7. The minimum absolute atomic E-state index is 0.594. The van der Waals surface area contributed by atoms with E-state index in [1.807, 2.05) is 0 Å². The summed E-state index contributed by atoms with van der Waals surface area (Å²) >= 11 is 12.1. The minimum atomic E-state index is 0.594. The maximum atomic E-state index is 6.20. The van der Waals surface area contributed by atoms with Gasteiger partial charge in [-0.15, -0.1) is 0 Å². The number of hydrogen-bond acceptors (Lipinski definition) is 2. The van der Waals surface area contributed by atoms with Crippen molar-refractivity contribution < 1.29 is 0 Å². The molecule has 0 radical (unpaired) electrons. The Kier molecular flexibility index (Phi) is 3.50. The van der Waals surface area contributed by atoms with Gasteiger partial charge in [-0.1, -0.05) is 30.1 Å². The smallest absolute Gasteiger partial charge is 0.0790 e. The highest BCUT2D eigenvalue weighted by molar-refractivity contribution is 6.37. The highest BCUT2D eigenvalue weighted by atomic mass is 35.5. The molecule has 0 aliphatic carbocycles. The lowest BCUT2D eigenvalue weighted by molar-refractivity contribution is 0.439. The lowest BCUT2D eigenvalue weighted by Crippen LogP contribution is -2.33. The van der Waals surface area contributed by atoms with Gasteiger partial charge in [-0.05, 0) is 30.9 Å². The summed E-state index contributed by atoms with van der Waals surface area (Å²) in [4.78, 5) is 2.26. The van der Waals surface area contributed by atoms with Crippen molar-refractivity contribution in [2.75, 3.05) is 23.7 Å². The van der Waals surface area contributed by atoms with Crippen molar-refractivity contribution >= 4 is 34.6 Å². The number of anilines is 2. The fourth-order valence-electron chi connectivity index (χ4n) is 2.15. The molecular weight excluding hydrogens is 243 g/mol. The molecule has 1 aliphatic heterocycles. The van der Waals surface area contributed by atoms with E-state index in [0.717, 1.165) is 24.7 Å². The summed E-state index contributed by atoms with van der Waals surface area (Å²) in [5, 5.41) is 1.25. The Morgan fingerprint density at radius 2 is 1.88 bits per heavy atom. The molecule has 16 heavy (non-hydrogen) atoms. The van der Waals surface area contributed by atoms with Crippen LogP contribution < -0.4 is 10.6 Å². The van der Waals surface area contributed by atoms with Gasteiger partial charge in [-0.25, -0.2) is 0 Å². The molecule has 2 rings (SSSR count). The molecule has 4 heteroatoms. The average Bonchev–Trinajstić information content (AvgIpc) is 2.19. The van der Waals surface area contributed by atoms with E-state index in [2.05, 4.69) is 11.8 Å². The maximum absolute atomic E-state index is 6.20. The van der Waals surface area contributed by atoms with Crippen LogP contribution in [-0.4, -0.2) is 13.1 Å². The first kappa shape index (κ1) is 11.9. The number of piperidine rings is 1. The van der Waals surface area contributed by atoms with Gasteiger partial charge in [-0.2, -0.15) is 0 Å². The molecule has 0 amide bonds. The third kappa shape index (κ3) is 2.38. The molecule has 0 atom stereocenters. The van der Waals surface area contributed by atoms with Crippen LogP contribution in [0.5, 0.6) is 0 Å². The topological polar surface area (TPSA) is 29.3 Å². The summed E-state index contributed by atoms with van der Waals surface area (Å²) in [6.07, 6.45) is 2.39. The molecule has 0 unspecified atom stereocenters. The van der Waals surface area contributed by atoms with Gasteiger partial charge >= 0.3 is 0 Å². The molecule has 1 saturated heterocycles. The molecule has 2 N–H and O–H groups in total. The maximum Gasteiger partial charge on any atom is 0.0790 e. The van der Waals surface area contributed by atoms with E-state index in [4.69, 9.17) is 28.9 Å². The van der Waals surface area contributed by atoms with Crippen molar-refractivity contribution in [3.63, 3.8) is 0 Å². The Morgan fingerprint density at radius 1 is 1.25 bits per heavy atom. The largest absolute Gasteiger partial charge is 0.397 e. The second-order valence-electron chi connectivity index (χ2n) is 4.50. The number of benzene rings is 1. The van der Waals surface area contributed by atoms with Crippen molar-refractivity contribution in [1.29, 1.82) is 0 Å². The number of halogens is 2. The first-order valence-corrected chi connectivity index (χ1v) is 6.33. The third-order valence-corrected chi connectivity index (χ3v) is 3.66. The number of nitrogen functional groups attached to an aromatic ring is 1. The summed E-state index contributed by atoms with van der Waals surface area (Å²) in [6.45, 7) is 4.32. The van der Waals surface area contributed by atoms with Gasteiger partial charge in [0.15, 0.2) is 0 Å². The van der Waals surface area contributed by atoms with Gasteiger partial charge < -0.3 is 10.6 Å². The summed E-state index contributed by atoms with van der Waals surface area (Å²) < 4.78 is 0. The SMILES string of the molecule is CC1CCN(c2c(N)cc(Cl)cc2Cl)CC1. The molecule has 1 fully saturated rings. The summed E-state index contributed by atoms with van der Waals surface area (Å²) in [7, 11) is 0. The van der Waals surface area contributed by atoms with Gasteiger partial charge in [0.05, 0.1) is 16.4 Å². The first-order chi connectivity index (χ1) is 7.58. The zero-order valence-electron chi connectivity index (χ0n) is 9.34. The van der Waals surface area contributed by atoms with Crippen molar-refractivity contribution in [2.24, 2.45) is 5.92 Å². The van der Waals surface area contributed by atoms with E-state index in [-0.39, 0.29) is 0 Å². The Labute approximate surface area is 106 Å². The summed E-state index contributed by atoms with van der Waals surface area (Å²) in [5.41, 5.74) is 7.59. The van der Waals surface area contributed by atoms with Crippen molar-refractivity contribution in [2.45, 2.75) is 19.8 Å². The van der Waals surface area contributed by atoms with Crippen molar-refractivity contribution in [3.8, 4) is 0 Å². The van der Waals surface area contributed by atoms with Gasteiger partial charge in [0.1, 0.15) is 0 Å².